The number of benzene rings is 2. The van der Waals surface area contributed by atoms with E-state index in [0.29, 0.717) is 49.0 Å². The van der Waals surface area contributed by atoms with Crippen LogP contribution in [-0.2, 0) is 14.8 Å². The van der Waals surface area contributed by atoms with Crippen molar-refractivity contribution in [2.75, 3.05) is 49.0 Å². The Kier molecular flexibility index (Phi) is 6.97. The highest BCUT2D eigenvalue weighted by atomic mass is 32.2. The first-order chi connectivity index (χ1) is 16.7. The van der Waals surface area contributed by atoms with Crippen molar-refractivity contribution in [2.24, 2.45) is 0 Å². The van der Waals surface area contributed by atoms with Crippen molar-refractivity contribution in [3.63, 3.8) is 0 Å². The quantitative estimate of drug-likeness (QED) is 0.535. The van der Waals surface area contributed by atoms with Crippen molar-refractivity contribution in [2.45, 2.75) is 18.7 Å². The number of amides is 1. The lowest BCUT2D eigenvalue weighted by Gasteiger charge is -2.37. The topological polar surface area (TPSA) is 98.8 Å². The molecule has 0 spiro atoms. The van der Waals surface area contributed by atoms with Gasteiger partial charge in [-0.2, -0.15) is 5.10 Å². The lowest BCUT2D eigenvalue weighted by Crippen LogP contribution is -2.52. The van der Waals surface area contributed by atoms with Crippen LogP contribution in [0.1, 0.15) is 11.4 Å². The van der Waals surface area contributed by atoms with Crippen molar-refractivity contribution in [3.8, 4) is 5.75 Å². The minimum absolute atomic E-state index is 0.0576. The number of nitrogens with one attached hydrogen (secondary N) is 1. The zero-order valence-corrected chi connectivity index (χ0v) is 20.7. The van der Waals surface area contributed by atoms with Crippen LogP contribution in [0.2, 0.25) is 0 Å². The molecule has 9 nitrogen and oxygen atoms in total. The van der Waals surface area contributed by atoms with Gasteiger partial charge < -0.3 is 14.5 Å². The molecule has 1 aromatic heterocycles. The van der Waals surface area contributed by atoms with Crippen LogP contribution < -0.4 is 13.9 Å². The number of carbonyl (C=O) groups is 1. The predicted molar refractivity (Wildman–Crippen MR) is 131 cm³/mol. The Morgan fingerprint density at radius 3 is 2.23 bits per heavy atom. The summed E-state index contributed by atoms with van der Waals surface area (Å²) in [5, 5.41) is 6.73. The number of aryl methyl sites for hydroxylation is 2. The van der Waals surface area contributed by atoms with E-state index in [1.165, 1.54) is 19.2 Å². The maximum absolute atomic E-state index is 13.7. The molecular weight excluding hydrogens is 473 g/mol. The Labute approximate surface area is 204 Å². The van der Waals surface area contributed by atoms with Crippen LogP contribution in [0, 0.1) is 19.7 Å². The number of rotatable bonds is 7. The summed E-state index contributed by atoms with van der Waals surface area (Å²) in [6.07, 6.45) is 0. The highest BCUT2D eigenvalue weighted by molar-refractivity contribution is 7.93. The van der Waals surface area contributed by atoms with Crippen LogP contribution in [0.15, 0.2) is 53.4 Å². The molecule has 3 aromatic rings. The molecule has 0 aliphatic carbocycles. The lowest BCUT2D eigenvalue weighted by molar-refractivity contribution is -0.129. The van der Waals surface area contributed by atoms with Crippen molar-refractivity contribution >= 4 is 27.3 Å². The number of hydrogen-bond donors (Lipinski definition) is 1. The van der Waals surface area contributed by atoms with E-state index in [-0.39, 0.29) is 23.2 Å². The summed E-state index contributed by atoms with van der Waals surface area (Å²) in [5.74, 6) is -0.0301. The zero-order chi connectivity index (χ0) is 25.2. The summed E-state index contributed by atoms with van der Waals surface area (Å²) in [6.45, 7) is 4.87. The third-order valence-electron chi connectivity index (χ3n) is 6.07. The van der Waals surface area contributed by atoms with Crippen LogP contribution in [0.4, 0.5) is 15.8 Å². The molecule has 1 N–H and O–H groups in total. The van der Waals surface area contributed by atoms with Crippen molar-refractivity contribution < 1.29 is 22.3 Å². The molecule has 0 radical (unpaired) electrons. The van der Waals surface area contributed by atoms with Gasteiger partial charge in [-0.15, -0.1) is 0 Å². The Bertz CT molecular complexity index is 1260. The third-order valence-corrected chi connectivity index (χ3v) is 8.11. The zero-order valence-electron chi connectivity index (χ0n) is 19.9. The molecule has 4 rings (SSSR count). The number of ether oxygens (including phenoxy) is 1. The van der Waals surface area contributed by atoms with E-state index in [0.717, 1.165) is 9.99 Å². The average Bonchev–Trinajstić information content (AvgIpc) is 3.21. The second kappa shape index (κ2) is 9.95. The molecule has 2 heterocycles. The predicted octanol–water partition coefficient (Wildman–Crippen LogP) is 2.72. The molecular formula is C24H28FN5O4S. The van der Waals surface area contributed by atoms with Gasteiger partial charge in [-0.25, -0.2) is 12.8 Å². The number of hydrogen-bond acceptors (Lipinski definition) is 6. The fourth-order valence-electron chi connectivity index (χ4n) is 4.18. The second-order valence-corrected chi connectivity index (χ2v) is 10.1. The standard InChI is InChI=1S/C24H28FN5O4S/c1-17-24(18(2)27-26-17)35(32,33)30(21-8-10-22(34-3)11-9-21)16-23(31)29-14-12-28(13-15-29)20-6-4-19(25)5-7-20/h4-11H,12-16H2,1-3H3,(H,26,27). The smallest absolute Gasteiger partial charge is 0.268 e. The molecule has 1 fully saturated rings. The molecule has 1 saturated heterocycles. The van der Waals surface area contributed by atoms with Gasteiger partial charge in [0, 0.05) is 31.9 Å². The summed E-state index contributed by atoms with van der Waals surface area (Å²) >= 11 is 0. The Morgan fingerprint density at radius 2 is 1.69 bits per heavy atom. The van der Waals surface area contributed by atoms with E-state index in [1.807, 2.05) is 0 Å². The van der Waals surface area contributed by atoms with Crippen molar-refractivity contribution in [1.82, 2.24) is 15.1 Å². The van der Waals surface area contributed by atoms with Crippen molar-refractivity contribution in [1.29, 1.82) is 0 Å². The van der Waals surface area contributed by atoms with E-state index in [2.05, 4.69) is 15.1 Å². The van der Waals surface area contributed by atoms with Crippen LogP contribution in [0.5, 0.6) is 5.75 Å². The van der Waals surface area contributed by atoms with Gasteiger partial charge in [-0.05, 0) is 62.4 Å². The summed E-state index contributed by atoms with van der Waals surface area (Å²) < 4.78 is 46.9. The number of carbonyl (C=O) groups excluding carboxylic acids is 1. The average molecular weight is 502 g/mol. The number of aromatic nitrogens is 2. The highest BCUT2D eigenvalue weighted by Crippen LogP contribution is 2.28. The maximum Gasteiger partial charge on any atom is 0.268 e. The van der Waals surface area contributed by atoms with E-state index in [1.54, 1.807) is 55.1 Å². The van der Waals surface area contributed by atoms with Gasteiger partial charge in [-0.3, -0.25) is 14.2 Å². The maximum atomic E-state index is 13.7. The van der Waals surface area contributed by atoms with E-state index in [9.17, 15) is 17.6 Å². The number of methoxy groups -OCH3 is 1. The van der Waals surface area contributed by atoms with Crippen LogP contribution >= 0.6 is 0 Å². The summed E-state index contributed by atoms with van der Waals surface area (Å²) in [5.41, 5.74) is 1.97. The number of H-pyrrole nitrogens is 1. The van der Waals surface area contributed by atoms with E-state index in [4.69, 9.17) is 4.74 Å². The van der Waals surface area contributed by atoms with Crippen molar-refractivity contribution in [3.05, 3.63) is 65.7 Å². The van der Waals surface area contributed by atoms with E-state index >= 15 is 0 Å². The second-order valence-electron chi connectivity index (χ2n) is 8.32. The van der Waals surface area contributed by atoms with Gasteiger partial charge in [-0.1, -0.05) is 0 Å². The first kappa shape index (κ1) is 24.5. The Balaban J connectivity index is 1.55. The van der Waals surface area contributed by atoms with Gasteiger partial charge in [0.2, 0.25) is 5.91 Å². The number of sulfonamides is 1. The molecule has 0 saturated carbocycles. The molecule has 1 amide bonds. The minimum Gasteiger partial charge on any atom is -0.497 e. The molecule has 35 heavy (non-hydrogen) atoms. The van der Waals surface area contributed by atoms with Gasteiger partial charge in [0.25, 0.3) is 10.0 Å². The fourth-order valence-corrected chi connectivity index (χ4v) is 5.93. The summed E-state index contributed by atoms with van der Waals surface area (Å²) in [6, 6.07) is 12.8. The summed E-state index contributed by atoms with van der Waals surface area (Å²) in [7, 11) is -2.55. The number of halogens is 1. The van der Waals surface area contributed by atoms with Gasteiger partial charge in [0.15, 0.2) is 0 Å². The molecule has 186 valence electrons. The Hall–Kier alpha value is -3.60. The molecule has 1 aliphatic rings. The first-order valence-corrected chi connectivity index (χ1v) is 12.6. The number of anilines is 2. The number of aromatic amines is 1. The van der Waals surface area contributed by atoms with Gasteiger partial charge >= 0.3 is 0 Å². The largest absolute Gasteiger partial charge is 0.497 e. The molecule has 1 aliphatic heterocycles. The molecule has 0 atom stereocenters. The fraction of sp³-hybridized carbons (Fsp3) is 0.333. The SMILES string of the molecule is COc1ccc(N(CC(=O)N2CCN(c3ccc(F)cc3)CC2)S(=O)(=O)c2c(C)n[nH]c2C)cc1. The molecule has 2 aromatic carbocycles. The highest BCUT2D eigenvalue weighted by Gasteiger charge is 2.33. The van der Waals surface area contributed by atoms with Crippen LogP contribution in [0.25, 0.3) is 0 Å². The minimum atomic E-state index is -4.08. The van der Waals surface area contributed by atoms with Crippen LogP contribution in [-0.4, -0.2) is 69.3 Å². The monoisotopic (exact) mass is 501 g/mol. The Morgan fingerprint density at radius 1 is 1.06 bits per heavy atom. The van der Waals surface area contributed by atoms with E-state index < -0.39 is 10.0 Å². The first-order valence-electron chi connectivity index (χ1n) is 11.2. The molecule has 0 bridgehead atoms. The lowest BCUT2D eigenvalue weighted by atomic mass is 10.2. The normalized spacial score (nSPS) is 14.2. The summed E-state index contributed by atoms with van der Waals surface area (Å²) in [4.78, 5) is 17.1. The molecule has 0 unspecified atom stereocenters. The number of piperazine rings is 1. The third kappa shape index (κ3) is 5.09. The number of nitrogens with zero attached hydrogens (tertiary/aromatic N) is 4. The molecule has 11 heteroatoms. The van der Waals surface area contributed by atoms with Crippen LogP contribution in [0.3, 0.4) is 0 Å². The van der Waals surface area contributed by atoms with Gasteiger partial charge in [0.05, 0.1) is 24.2 Å². The van der Waals surface area contributed by atoms with Gasteiger partial charge in [0.1, 0.15) is 23.0 Å².